The van der Waals surface area contributed by atoms with Crippen LogP contribution in [-0.2, 0) is 17.5 Å². The van der Waals surface area contributed by atoms with Gasteiger partial charge >= 0.3 is 6.18 Å². The van der Waals surface area contributed by atoms with Gasteiger partial charge in [-0.3, -0.25) is 9.80 Å². The Morgan fingerprint density at radius 2 is 1.74 bits per heavy atom. The predicted octanol–water partition coefficient (Wildman–Crippen LogP) is 4.22. The second-order valence-corrected chi connectivity index (χ2v) is 8.64. The van der Waals surface area contributed by atoms with Gasteiger partial charge in [0.2, 0.25) is 11.7 Å². The Bertz CT molecular complexity index is 841. The number of likely N-dealkylation sites (N-methyl/N-ethyl adjacent to an activating group) is 1. The van der Waals surface area contributed by atoms with E-state index in [4.69, 9.17) is 9.26 Å². The van der Waals surface area contributed by atoms with Gasteiger partial charge in [-0.25, -0.2) is 0 Å². The fourth-order valence-electron chi connectivity index (χ4n) is 4.86. The molecular weight excluding hydrogens is 409 g/mol. The van der Waals surface area contributed by atoms with E-state index in [1.807, 2.05) is 0 Å². The molecule has 6 nitrogen and oxygen atoms in total. The van der Waals surface area contributed by atoms with Crippen LogP contribution in [0.4, 0.5) is 13.2 Å². The molecule has 1 aromatic heterocycles. The number of morpholine rings is 1. The van der Waals surface area contributed by atoms with E-state index in [1.165, 1.54) is 44.2 Å². The van der Waals surface area contributed by atoms with Crippen LogP contribution in [0, 0.1) is 0 Å². The number of alkyl halides is 3. The van der Waals surface area contributed by atoms with Crippen molar-refractivity contribution in [2.75, 3.05) is 39.9 Å². The molecule has 170 valence electrons. The largest absolute Gasteiger partial charge is 0.416 e. The number of ether oxygens (including phenoxy) is 1. The smallest absolute Gasteiger partial charge is 0.379 e. The average Bonchev–Trinajstić information content (AvgIpc) is 3.23. The molecule has 31 heavy (non-hydrogen) atoms. The van der Waals surface area contributed by atoms with Gasteiger partial charge in [0.25, 0.3) is 0 Å². The quantitative estimate of drug-likeness (QED) is 0.673. The lowest BCUT2D eigenvalue weighted by atomic mass is 9.79. The van der Waals surface area contributed by atoms with Gasteiger partial charge in [-0.2, -0.15) is 18.2 Å². The molecule has 1 aromatic carbocycles. The summed E-state index contributed by atoms with van der Waals surface area (Å²) in [5, 5.41) is 3.96. The molecule has 0 bridgehead atoms. The van der Waals surface area contributed by atoms with Crippen LogP contribution in [0.25, 0.3) is 11.4 Å². The minimum Gasteiger partial charge on any atom is -0.379 e. The first kappa shape index (κ1) is 22.2. The summed E-state index contributed by atoms with van der Waals surface area (Å²) in [6.07, 6.45) is 1.76. The van der Waals surface area contributed by atoms with Crippen molar-refractivity contribution in [2.45, 2.75) is 50.4 Å². The van der Waals surface area contributed by atoms with Crippen LogP contribution in [0.15, 0.2) is 28.8 Å². The maximum absolute atomic E-state index is 12.8. The minimum atomic E-state index is -4.36. The molecule has 2 fully saturated rings. The molecule has 0 radical (unpaired) electrons. The van der Waals surface area contributed by atoms with E-state index in [9.17, 15) is 13.2 Å². The topological polar surface area (TPSA) is 54.6 Å². The molecule has 0 atom stereocenters. The second kappa shape index (κ2) is 9.26. The van der Waals surface area contributed by atoms with Crippen LogP contribution in [0.1, 0.15) is 43.6 Å². The molecule has 2 aliphatic rings. The van der Waals surface area contributed by atoms with Gasteiger partial charge in [-0.15, -0.1) is 0 Å². The van der Waals surface area contributed by atoms with Gasteiger partial charge in [-0.05, 0) is 32.0 Å². The van der Waals surface area contributed by atoms with Crippen LogP contribution < -0.4 is 0 Å². The first-order valence-electron chi connectivity index (χ1n) is 10.9. The first-order valence-corrected chi connectivity index (χ1v) is 10.9. The van der Waals surface area contributed by atoms with Crippen molar-refractivity contribution < 1.29 is 22.4 Å². The van der Waals surface area contributed by atoms with Crippen molar-refractivity contribution in [1.29, 1.82) is 0 Å². The lowest BCUT2D eigenvalue weighted by Crippen LogP contribution is -2.59. The fraction of sp³-hybridized carbons (Fsp3) is 0.636. The Hall–Kier alpha value is -1.97. The Balaban J connectivity index is 1.41. The van der Waals surface area contributed by atoms with E-state index in [0.717, 1.165) is 45.0 Å². The van der Waals surface area contributed by atoms with E-state index in [-0.39, 0.29) is 5.54 Å². The number of aromatic nitrogens is 2. The Morgan fingerprint density at radius 1 is 1.06 bits per heavy atom. The van der Waals surface area contributed by atoms with Gasteiger partial charge in [-0.1, -0.05) is 36.6 Å². The molecule has 0 spiro atoms. The zero-order valence-electron chi connectivity index (χ0n) is 17.8. The number of rotatable bonds is 6. The molecule has 4 rings (SSSR count). The number of nitrogens with zero attached hydrogens (tertiary/aromatic N) is 4. The summed E-state index contributed by atoms with van der Waals surface area (Å²) >= 11 is 0. The SMILES string of the molecule is CN(Cc1nc(-c2ccc(C(F)(F)F)cc2)no1)CC1(N2CCOCC2)CCCCC1. The maximum atomic E-state index is 12.8. The minimum absolute atomic E-state index is 0.146. The number of benzene rings is 1. The zero-order chi connectivity index (χ0) is 21.9. The van der Waals surface area contributed by atoms with E-state index < -0.39 is 11.7 Å². The van der Waals surface area contributed by atoms with Gasteiger partial charge in [0.15, 0.2) is 0 Å². The standard InChI is InChI=1S/C22H29F3N4O2/c1-28(16-21(9-3-2-4-10-21)29-11-13-30-14-12-29)15-19-26-20(27-31-19)17-5-7-18(8-6-17)22(23,24)25/h5-8H,2-4,9-16H2,1H3. The molecule has 0 unspecified atom stereocenters. The van der Waals surface area contributed by atoms with Crippen molar-refractivity contribution in [3.05, 3.63) is 35.7 Å². The summed E-state index contributed by atoms with van der Waals surface area (Å²) < 4.78 is 49.2. The molecule has 1 aliphatic heterocycles. The van der Waals surface area contributed by atoms with Crippen molar-refractivity contribution in [3.63, 3.8) is 0 Å². The van der Waals surface area contributed by atoms with Gasteiger partial charge in [0.05, 0.1) is 25.3 Å². The molecule has 1 saturated carbocycles. The van der Waals surface area contributed by atoms with Crippen LogP contribution in [0.2, 0.25) is 0 Å². The highest BCUT2D eigenvalue weighted by molar-refractivity contribution is 5.54. The third-order valence-corrected chi connectivity index (χ3v) is 6.37. The van der Waals surface area contributed by atoms with Crippen molar-refractivity contribution in [1.82, 2.24) is 19.9 Å². The zero-order valence-corrected chi connectivity index (χ0v) is 17.8. The monoisotopic (exact) mass is 438 g/mol. The Labute approximate surface area is 180 Å². The van der Waals surface area contributed by atoms with Crippen LogP contribution >= 0.6 is 0 Å². The fourth-order valence-corrected chi connectivity index (χ4v) is 4.86. The summed E-state index contributed by atoms with van der Waals surface area (Å²) in [7, 11) is 2.05. The van der Waals surface area contributed by atoms with E-state index in [0.29, 0.717) is 23.8 Å². The first-order chi connectivity index (χ1) is 14.9. The third-order valence-electron chi connectivity index (χ3n) is 6.37. The van der Waals surface area contributed by atoms with Crippen LogP contribution in [0.3, 0.4) is 0 Å². The van der Waals surface area contributed by atoms with Crippen LogP contribution in [-0.4, -0.2) is 65.4 Å². The Kier molecular flexibility index (Phi) is 6.64. The van der Waals surface area contributed by atoms with Crippen molar-refractivity contribution >= 4 is 0 Å². The van der Waals surface area contributed by atoms with Gasteiger partial charge in [0.1, 0.15) is 0 Å². The van der Waals surface area contributed by atoms with Gasteiger partial charge < -0.3 is 9.26 Å². The molecule has 1 aliphatic carbocycles. The molecule has 2 heterocycles. The normalized spacial score (nSPS) is 20.3. The predicted molar refractivity (Wildman–Crippen MR) is 109 cm³/mol. The van der Waals surface area contributed by atoms with Crippen molar-refractivity contribution in [3.8, 4) is 11.4 Å². The molecular formula is C22H29F3N4O2. The Morgan fingerprint density at radius 3 is 2.39 bits per heavy atom. The molecule has 9 heteroatoms. The maximum Gasteiger partial charge on any atom is 0.416 e. The summed E-state index contributed by atoms with van der Waals surface area (Å²) in [6.45, 7) is 4.90. The van der Waals surface area contributed by atoms with Crippen LogP contribution in [0.5, 0.6) is 0 Å². The highest BCUT2D eigenvalue weighted by Gasteiger charge is 2.39. The van der Waals surface area contributed by atoms with Gasteiger partial charge in [0, 0.05) is 30.7 Å². The summed E-state index contributed by atoms with van der Waals surface area (Å²) in [4.78, 5) is 9.21. The molecule has 2 aromatic rings. The number of halogens is 3. The highest BCUT2D eigenvalue weighted by atomic mass is 19.4. The lowest BCUT2D eigenvalue weighted by molar-refractivity contribution is -0.137. The van der Waals surface area contributed by atoms with E-state index in [2.05, 4.69) is 27.0 Å². The number of hydrogen-bond donors (Lipinski definition) is 0. The molecule has 1 saturated heterocycles. The van der Waals surface area contributed by atoms with E-state index in [1.54, 1.807) is 0 Å². The summed E-state index contributed by atoms with van der Waals surface area (Å²) in [6, 6.07) is 4.81. The summed E-state index contributed by atoms with van der Waals surface area (Å²) in [5.41, 5.74) is -0.0455. The molecule has 0 amide bonds. The number of hydrogen-bond acceptors (Lipinski definition) is 6. The summed E-state index contributed by atoms with van der Waals surface area (Å²) in [5.74, 6) is 0.767. The molecule has 0 N–H and O–H groups in total. The van der Waals surface area contributed by atoms with Crippen molar-refractivity contribution in [2.24, 2.45) is 0 Å². The van der Waals surface area contributed by atoms with E-state index >= 15 is 0 Å². The lowest BCUT2D eigenvalue weighted by Gasteiger charge is -2.49. The second-order valence-electron chi connectivity index (χ2n) is 8.64. The third kappa shape index (κ3) is 5.27. The highest BCUT2D eigenvalue weighted by Crippen LogP contribution is 2.35. The average molecular weight is 438 g/mol.